The standard InChI is InChI=1S/C30H27NO/c1-30(2,3)24-17-18-25(28-16-10-11-19-31-28)27(21-24)29(32)26(23-14-8-5-9-15-23)20-22-12-6-4-7-13-22/h4-21H,1-3H3/b26-20+. The molecule has 2 heteroatoms. The number of hydrogen-bond donors (Lipinski definition) is 0. The molecule has 0 radical (unpaired) electrons. The quantitative estimate of drug-likeness (QED) is 0.191. The first-order valence-electron chi connectivity index (χ1n) is 10.9. The van der Waals surface area contributed by atoms with Gasteiger partial charge in [0.05, 0.1) is 5.69 Å². The number of carbonyl (C=O) groups excluding carboxylic acids is 1. The van der Waals surface area contributed by atoms with Crippen LogP contribution in [-0.2, 0) is 5.41 Å². The lowest BCUT2D eigenvalue weighted by Gasteiger charge is -2.21. The van der Waals surface area contributed by atoms with Gasteiger partial charge in [-0.05, 0) is 46.4 Å². The molecule has 4 aromatic rings. The molecular formula is C30H27NO. The molecule has 1 aromatic heterocycles. The highest BCUT2D eigenvalue weighted by molar-refractivity contribution is 6.34. The van der Waals surface area contributed by atoms with Crippen LogP contribution in [0.2, 0.25) is 0 Å². The third kappa shape index (κ3) is 4.76. The molecule has 0 saturated carbocycles. The van der Waals surface area contributed by atoms with Crippen LogP contribution in [0.25, 0.3) is 22.9 Å². The Morgan fingerprint density at radius 1 is 0.781 bits per heavy atom. The first kappa shape index (κ1) is 21.5. The zero-order chi connectivity index (χ0) is 22.6. The van der Waals surface area contributed by atoms with Crippen LogP contribution in [0.3, 0.4) is 0 Å². The van der Waals surface area contributed by atoms with E-state index in [1.807, 2.05) is 97.1 Å². The molecule has 3 aromatic carbocycles. The van der Waals surface area contributed by atoms with E-state index < -0.39 is 0 Å². The second kappa shape index (κ2) is 9.15. The number of hydrogen-bond acceptors (Lipinski definition) is 2. The molecule has 0 unspecified atom stereocenters. The predicted octanol–water partition coefficient (Wildman–Crippen LogP) is 7.47. The smallest absolute Gasteiger partial charge is 0.194 e. The zero-order valence-electron chi connectivity index (χ0n) is 18.7. The Morgan fingerprint density at radius 2 is 1.44 bits per heavy atom. The van der Waals surface area contributed by atoms with E-state index in [9.17, 15) is 4.79 Å². The summed E-state index contributed by atoms with van der Waals surface area (Å²) in [4.78, 5) is 18.7. The third-order valence-electron chi connectivity index (χ3n) is 5.51. The first-order valence-corrected chi connectivity index (χ1v) is 10.9. The summed E-state index contributed by atoms with van der Waals surface area (Å²) in [6, 6.07) is 31.8. The van der Waals surface area contributed by atoms with Crippen LogP contribution in [-0.4, -0.2) is 10.8 Å². The molecule has 32 heavy (non-hydrogen) atoms. The number of rotatable bonds is 5. The van der Waals surface area contributed by atoms with Gasteiger partial charge in [-0.15, -0.1) is 0 Å². The summed E-state index contributed by atoms with van der Waals surface area (Å²) in [6.45, 7) is 6.48. The molecule has 0 aliphatic carbocycles. The Bertz CT molecular complexity index is 1230. The summed E-state index contributed by atoms with van der Waals surface area (Å²) < 4.78 is 0. The van der Waals surface area contributed by atoms with Gasteiger partial charge in [0, 0.05) is 22.9 Å². The van der Waals surface area contributed by atoms with Crippen molar-refractivity contribution >= 4 is 17.4 Å². The van der Waals surface area contributed by atoms with Crippen LogP contribution < -0.4 is 0 Å². The lowest BCUT2D eigenvalue weighted by Crippen LogP contribution is -2.14. The Kier molecular flexibility index (Phi) is 6.13. The van der Waals surface area contributed by atoms with Gasteiger partial charge in [0.1, 0.15) is 0 Å². The average molecular weight is 418 g/mol. The average Bonchev–Trinajstić information content (AvgIpc) is 2.83. The van der Waals surface area contributed by atoms with Crippen molar-refractivity contribution in [1.29, 1.82) is 0 Å². The van der Waals surface area contributed by atoms with Crippen molar-refractivity contribution in [2.75, 3.05) is 0 Å². The molecule has 0 fully saturated rings. The van der Waals surface area contributed by atoms with Gasteiger partial charge in [-0.25, -0.2) is 0 Å². The summed E-state index contributed by atoms with van der Waals surface area (Å²) in [7, 11) is 0. The van der Waals surface area contributed by atoms with Gasteiger partial charge in [0.15, 0.2) is 5.78 Å². The van der Waals surface area contributed by atoms with Crippen LogP contribution in [0.4, 0.5) is 0 Å². The van der Waals surface area contributed by atoms with Gasteiger partial charge >= 0.3 is 0 Å². The second-order valence-corrected chi connectivity index (χ2v) is 8.89. The third-order valence-corrected chi connectivity index (χ3v) is 5.51. The molecule has 4 rings (SSSR count). The molecule has 158 valence electrons. The lowest BCUT2D eigenvalue weighted by atomic mass is 9.82. The fourth-order valence-electron chi connectivity index (χ4n) is 3.70. The Morgan fingerprint density at radius 3 is 2.06 bits per heavy atom. The molecule has 1 heterocycles. The molecule has 0 saturated heterocycles. The van der Waals surface area contributed by atoms with Crippen molar-refractivity contribution in [3.8, 4) is 11.3 Å². The summed E-state index contributed by atoms with van der Waals surface area (Å²) in [6.07, 6.45) is 3.74. The summed E-state index contributed by atoms with van der Waals surface area (Å²) in [5, 5.41) is 0. The topological polar surface area (TPSA) is 30.0 Å². The molecular weight excluding hydrogens is 390 g/mol. The maximum absolute atomic E-state index is 14.1. The molecule has 0 amide bonds. The van der Waals surface area contributed by atoms with Gasteiger partial charge in [-0.3, -0.25) is 9.78 Å². The van der Waals surface area contributed by atoms with Gasteiger partial charge in [-0.2, -0.15) is 0 Å². The Hall–Kier alpha value is -3.78. The number of carbonyl (C=O) groups is 1. The highest BCUT2D eigenvalue weighted by atomic mass is 16.1. The van der Waals surface area contributed by atoms with Crippen molar-refractivity contribution in [2.24, 2.45) is 0 Å². The number of aromatic nitrogens is 1. The van der Waals surface area contributed by atoms with Crippen LogP contribution in [0.1, 0.15) is 47.8 Å². The van der Waals surface area contributed by atoms with Gasteiger partial charge in [0.2, 0.25) is 0 Å². The first-order chi connectivity index (χ1) is 15.4. The highest BCUT2D eigenvalue weighted by Crippen LogP contribution is 2.33. The molecule has 0 bridgehead atoms. The number of nitrogens with zero attached hydrogens (tertiary/aromatic N) is 1. The SMILES string of the molecule is CC(C)(C)c1ccc(-c2ccccn2)c(C(=O)/C(=C/c2ccccc2)c2ccccc2)c1. The van der Waals surface area contributed by atoms with E-state index in [-0.39, 0.29) is 11.2 Å². The molecule has 2 nitrogen and oxygen atoms in total. The second-order valence-electron chi connectivity index (χ2n) is 8.89. The number of ketones is 1. The van der Waals surface area contributed by atoms with E-state index in [0.717, 1.165) is 27.9 Å². The van der Waals surface area contributed by atoms with E-state index >= 15 is 0 Å². The lowest BCUT2D eigenvalue weighted by molar-refractivity contribution is 0.105. The number of Topliss-reactive ketones (excluding diaryl/α,β-unsaturated/α-hetero) is 1. The van der Waals surface area contributed by atoms with E-state index in [2.05, 4.69) is 31.8 Å². The van der Waals surface area contributed by atoms with Crippen molar-refractivity contribution in [3.63, 3.8) is 0 Å². The Labute approximate surface area is 190 Å². The fraction of sp³-hybridized carbons (Fsp3) is 0.133. The van der Waals surface area contributed by atoms with E-state index in [1.165, 1.54) is 0 Å². The number of allylic oxidation sites excluding steroid dienone is 1. The van der Waals surface area contributed by atoms with Crippen LogP contribution in [0.5, 0.6) is 0 Å². The minimum Gasteiger partial charge on any atom is -0.289 e. The van der Waals surface area contributed by atoms with Gasteiger partial charge in [-0.1, -0.05) is 99.6 Å². The molecule has 0 aliphatic rings. The van der Waals surface area contributed by atoms with Gasteiger partial charge in [0.25, 0.3) is 0 Å². The monoisotopic (exact) mass is 417 g/mol. The molecule has 0 atom stereocenters. The minimum absolute atomic E-state index is 0.00759. The maximum atomic E-state index is 14.1. The molecule has 0 N–H and O–H groups in total. The van der Waals surface area contributed by atoms with Crippen molar-refractivity contribution in [1.82, 2.24) is 4.98 Å². The number of benzene rings is 3. The zero-order valence-corrected chi connectivity index (χ0v) is 18.7. The largest absolute Gasteiger partial charge is 0.289 e. The summed E-state index contributed by atoms with van der Waals surface area (Å²) >= 11 is 0. The maximum Gasteiger partial charge on any atom is 0.194 e. The molecule has 0 aliphatic heterocycles. The van der Waals surface area contributed by atoms with E-state index in [4.69, 9.17) is 0 Å². The van der Waals surface area contributed by atoms with Crippen LogP contribution in [0.15, 0.2) is 103 Å². The van der Waals surface area contributed by atoms with Crippen molar-refractivity contribution in [3.05, 3.63) is 126 Å². The number of pyridine rings is 1. The predicted molar refractivity (Wildman–Crippen MR) is 133 cm³/mol. The van der Waals surface area contributed by atoms with Crippen LogP contribution >= 0.6 is 0 Å². The fourth-order valence-corrected chi connectivity index (χ4v) is 3.70. The van der Waals surface area contributed by atoms with E-state index in [0.29, 0.717) is 11.1 Å². The van der Waals surface area contributed by atoms with Crippen molar-refractivity contribution < 1.29 is 4.79 Å². The molecule has 0 spiro atoms. The summed E-state index contributed by atoms with van der Waals surface area (Å²) in [5.74, 6) is -0.00759. The van der Waals surface area contributed by atoms with Crippen LogP contribution in [0, 0.1) is 0 Å². The highest BCUT2D eigenvalue weighted by Gasteiger charge is 2.23. The Balaban J connectivity index is 1.93. The van der Waals surface area contributed by atoms with E-state index in [1.54, 1.807) is 6.20 Å². The van der Waals surface area contributed by atoms with Crippen molar-refractivity contribution in [2.45, 2.75) is 26.2 Å². The normalized spacial score (nSPS) is 11.9. The minimum atomic E-state index is -0.0757. The van der Waals surface area contributed by atoms with Gasteiger partial charge < -0.3 is 0 Å². The summed E-state index contributed by atoms with van der Waals surface area (Å²) in [5.41, 5.74) is 5.91.